The van der Waals surface area contributed by atoms with Crippen molar-refractivity contribution in [1.82, 2.24) is 0 Å². The number of Topliss-reactive ketones (excluding diaryl/α,β-unsaturated/α-hetero) is 1. The third-order valence-electron chi connectivity index (χ3n) is 6.01. The van der Waals surface area contributed by atoms with Crippen LogP contribution in [0.3, 0.4) is 0 Å². The molecule has 0 spiro atoms. The van der Waals surface area contributed by atoms with Gasteiger partial charge in [-0.1, -0.05) is 0 Å². The summed E-state index contributed by atoms with van der Waals surface area (Å²) in [6, 6.07) is 0. The molecule has 0 aromatic carbocycles. The van der Waals surface area contributed by atoms with E-state index >= 15 is 0 Å². The molecule has 0 aliphatic rings. The molecule has 0 atom stereocenters. The normalized spacial score (nSPS) is 17.1. The summed E-state index contributed by atoms with van der Waals surface area (Å²) in [7, 11) is 0. The van der Waals surface area contributed by atoms with Gasteiger partial charge in [-0.3, -0.25) is 4.79 Å². The van der Waals surface area contributed by atoms with Crippen molar-refractivity contribution in [3.05, 3.63) is 0 Å². The van der Waals surface area contributed by atoms with Crippen LogP contribution in [0.4, 0.5) is 140 Å². The third kappa shape index (κ3) is 5.74. The molecule has 312 valence electrons. The fourth-order valence-corrected chi connectivity index (χ4v) is 3.05. The fourth-order valence-electron chi connectivity index (χ4n) is 2.81. The lowest BCUT2D eigenvalue weighted by Gasteiger charge is -2.44. The number of hydrogen-bond donors (Lipinski definition) is 0. The van der Waals surface area contributed by atoms with Crippen LogP contribution in [0.15, 0.2) is 0 Å². The highest BCUT2D eigenvalue weighted by Gasteiger charge is 2.99. The van der Waals surface area contributed by atoms with Crippen molar-refractivity contribution in [1.29, 1.82) is 0 Å². The zero-order valence-corrected chi connectivity index (χ0v) is 23.3. The van der Waals surface area contributed by atoms with E-state index in [0.29, 0.717) is 0 Å². The molecule has 0 amide bonds. The lowest BCUT2D eigenvalue weighted by Crippen LogP contribution is -2.77. The molecule has 0 unspecified atom stereocenters. The summed E-state index contributed by atoms with van der Waals surface area (Å²) >= 11 is 6.33. The minimum absolute atomic E-state index is 3.17. The van der Waals surface area contributed by atoms with Crippen LogP contribution in [0.1, 0.15) is 0 Å². The molecule has 0 aliphatic carbocycles. The maximum atomic E-state index is 13.8. The van der Waals surface area contributed by atoms with E-state index in [9.17, 15) is 145 Å². The van der Waals surface area contributed by atoms with E-state index < -0.39 is 99.5 Å². The Labute approximate surface area is 269 Å². The van der Waals surface area contributed by atoms with E-state index in [1.54, 1.807) is 0 Å². The number of halogens is 34. The quantitative estimate of drug-likeness (QED) is 0.111. The van der Waals surface area contributed by atoms with Gasteiger partial charge in [0.05, 0.1) is 0 Å². The Morgan fingerprint density at radius 1 is 0.231 bits per heavy atom. The van der Waals surface area contributed by atoms with Gasteiger partial charge in [0.15, 0.2) is 0 Å². The second-order valence-corrected chi connectivity index (χ2v) is 10.3. The summed E-state index contributed by atoms with van der Waals surface area (Å²) in [5.41, 5.74) is 0. The van der Waals surface area contributed by atoms with E-state index in [2.05, 4.69) is 23.2 Å². The van der Waals surface area contributed by atoms with Gasteiger partial charge < -0.3 is 0 Å². The summed E-state index contributed by atoms with van der Waals surface area (Å²) < 4.78 is 428. The van der Waals surface area contributed by atoms with E-state index in [1.165, 1.54) is 0 Å². The van der Waals surface area contributed by atoms with E-state index in [-0.39, 0.29) is 0 Å². The lowest BCUT2D eigenvalue weighted by atomic mass is 9.84. The molecule has 0 bridgehead atoms. The molecule has 52 heavy (non-hydrogen) atoms. The van der Waals surface area contributed by atoms with Crippen molar-refractivity contribution >= 4 is 29.0 Å². The highest BCUT2D eigenvalue weighted by Crippen LogP contribution is 2.67. The average Bonchev–Trinajstić information content (AvgIpc) is 2.89. The monoisotopic (exact) mass is 898 g/mol. The Hall–Kier alpha value is -1.99. The van der Waals surface area contributed by atoms with Crippen LogP contribution >= 0.6 is 23.2 Å². The summed E-state index contributed by atoms with van der Waals surface area (Å²) in [6.45, 7) is 0. The first kappa shape index (κ1) is 50.0. The molecular weight excluding hydrogens is 899 g/mol. The summed E-state index contributed by atoms with van der Waals surface area (Å²) in [5.74, 6) is -138. The van der Waals surface area contributed by atoms with Gasteiger partial charge in [-0.15, -0.1) is 0 Å². The molecule has 0 aliphatic heterocycles. The van der Waals surface area contributed by atoms with Crippen molar-refractivity contribution in [2.24, 2.45) is 0 Å². The molecule has 0 aromatic heterocycles. The molecule has 0 heterocycles. The number of carbonyl (C=O) groups is 1. The number of ketones is 1. The number of hydrogen-bond acceptors (Lipinski definition) is 1. The number of alkyl halides is 34. The smallest absolute Gasteiger partial charge is 0.286 e. The van der Waals surface area contributed by atoms with Crippen LogP contribution in [0.25, 0.3) is 0 Å². The van der Waals surface area contributed by atoms with Crippen molar-refractivity contribution in [3.63, 3.8) is 0 Å². The first-order chi connectivity index (χ1) is 21.7. The van der Waals surface area contributed by atoms with Gasteiger partial charge in [0.1, 0.15) is 0 Å². The zero-order valence-electron chi connectivity index (χ0n) is 21.8. The van der Waals surface area contributed by atoms with E-state index in [1.807, 2.05) is 0 Å². The lowest BCUT2D eigenvalue weighted by molar-refractivity contribution is -0.451. The maximum absolute atomic E-state index is 13.8. The van der Waals surface area contributed by atoms with Gasteiger partial charge in [0.2, 0.25) is 0 Å². The molecular formula is C17Cl2F32O. The van der Waals surface area contributed by atoms with Crippen LogP contribution in [0, 0.1) is 0 Å². The Morgan fingerprint density at radius 2 is 0.346 bits per heavy atom. The first-order valence-corrected chi connectivity index (χ1v) is 11.4. The molecule has 0 rings (SSSR count). The molecule has 0 fully saturated rings. The molecule has 0 radical (unpaired) electrons. The number of rotatable bonds is 16. The third-order valence-corrected chi connectivity index (χ3v) is 6.49. The van der Waals surface area contributed by atoms with Crippen LogP contribution < -0.4 is 0 Å². The van der Waals surface area contributed by atoms with Gasteiger partial charge in [-0.25, -0.2) is 0 Å². The maximum Gasteiger partial charge on any atom is 0.393 e. The van der Waals surface area contributed by atoms with Crippen molar-refractivity contribution < 1.29 is 145 Å². The molecule has 1 nitrogen and oxygen atoms in total. The molecule has 0 saturated carbocycles. The second kappa shape index (κ2) is 12.0. The molecule has 0 N–H and O–H groups in total. The Balaban J connectivity index is 7.58. The zero-order chi connectivity index (χ0) is 43.6. The summed E-state index contributed by atoms with van der Waals surface area (Å²) in [4.78, 5) is 11.0. The second-order valence-electron chi connectivity index (χ2n) is 9.37. The van der Waals surface area contributed by atoms with Crippen LogP contribution in [0.5, 0.6) is 0 Å². The topological polar surface area (TPSA) is 17.1 Å². The average molecular weight is 899 g/mol. The minimum Gasteiger partial charge on any atom is -0.286 e. The first-order valence-electron chi connectivity index (χ1n) is 10.6. The van der Waals surface area contributed by atoms with Crippen LogP contribution in [-0.2, 0) is 4.79 Å². The van der Waals surface area contributed by atoms with Gasteiger partial charge in [-0.2, -0.15) is 140 Å². The summed E-state index contributed by atoms with van der Waals surface area (Å²) in [6.07, 6.45) is 0. The standard InChI is InChI=1S/C17Cl2F32O/c18-16(48,49)14(44,45)12(40,41)10(36,37)8(32,33)6(28,29)4(24,25)2(20,21)1(52)3(22,23)5(26,27)7(30,31)9(34,35)11(38,39)13(42,43)15(46,47)17(19,50)51. The van der Waals surface area contributed by atoms with Crippen LogP contribution in [-0.4, -0.2) is 99.5 Å². The Morgan fingerprint density at radius 3 is 0.481 bits per heavy atom. The Bertz CT molecular complexity index is 1250. The minimum atomic E-state index is -9.78. The van der Waals surface area contributed by atoms with Gasteiger partial charge in [0.25, 0.3) is 5.78 Å². The van der Waals surface area contributed by atoms with Gasteiger partial charge in [-0.05, 0) is 23.2 Å². The van der Waals surface area contributed by atoms with Crippen molar-refractivity contribution in [2.75, 3.05) is 0 Å². The highest BCUT2D eigenvalue weighted by molar-refractivity contribution is 6.22. The fraction of sp³-hybridized carbons (Fsp3) is 0.941. The van der Waals surface area contributed by atoms with E-state index in [4.69, 9.17) is 0 Å². The van der Waals surface area contributed by atoms with Gasteiger partial charge >= 0.3 is 93.7 Å². The van der Waals surface area contributed by atoms with Crippen molar-refractivity contribution in [2.45, 2.75) is 93.7 Å². The van der Waals surface area contributed by atoms with Crippen molar-refractivity contribution in [3.8, 4) is 0 Å². The number of carbonyl (C=O) groups excluding carboxylic acids is 1. The molecule has 0 saturated heterocycles. The highest BCUT2D eigenvalue weighted by atomic mass is 35.5. The predicted octanol–water partition coefficient (Wildman–Crippen LogP) is 11.1. The predicted molar refractivity (Wildman–Crippen MR) is 95.9 cm³/mol. The molecule has 0 aromatic rings. The molecule has 35 heteroatoms. The SMILES string of the molecule is O=C(C(F)(F)C(F)(F)C(F)(F)C(F)(F)C(F)(F)C(F)(F)C(F)(F)C(F)(F)Cl)C(F)(F)C(F)(F)C(F)(F)C(F)(F)C(F)(F)C(F)(F)C(F)(F)C(F)(F)Cl. The Kier molecular flexibility index (Phi) is 11.5. The van der Waals surface area contributed by atoms with Gasteiger partial charge in [0, 0.05) is 0 Å². The van der Waals surface area contributed by atoms with E-state index in [0.717, 1.165) is 0 Å². The van der Waals surface area contributed by atoms with Crippen LogP contribution in [0.2, 0.25) is 0 Å². The summed E-state index contributed by atoms with van der Waals surface area (Å²) in [5, 5.41) is -14.8. The largest absolute Gasteiger partial charge is 0.393 e.